The molecule has 2 rings (SSSR count). The van der Waals surface area contributed by atoms with Crippen LogP contribution in [0.5, 0.6) is 0 Å². The zero-order valence-corrected chi connectivity index (χ0v) is 7.15. The molecule has 1 aromatic carbocycles. The maximum absolute atomic E-state index is 8.73. The largest absolute Gasteiger partial charge is 0.397 e. The van der Waals surface area contributed by atoms with Gasteiger partial charge in [-0.2, -0.15) is 10.4 Å². The van der Waals surface area contributed by atoms with Crippen molar-refractivity contribution >= 4 is 16.6 Å². The van der Waals surface area contributed by atoms with Crippen molar-refractivity contribution in [3.63, 3.8) is 0 Å². The molecule has 0 unspecified atom stereocenters. The fourth-order valence-electron chi connectivity index (χ4n) is 1.35. The Morgan fingerprint density at radius 1 is 1.54 bits per heavy atom. The Kier molecular flexibility index (Phi) is 1.46. The highest BCUT2D eigenvalue weighted by atomic mass is 15.2. The molecule has 4 heteroatoms. The molecule has 64 valence electrons. The second kappa shape index (κ2) is 2.49. The first-order valence-corrected chi connectivity index (χ1v) is 3.84. The van der Waals surface area contributed by atoms with Crippen molar-refractivity contribution in [2.45, 2.75) is 0 Å². The van der Waals surface area contributed by atoms with Crippen LogP contribution in [0, 0.1) is 11.3 Å². The molecule has 0 bridgehead atoms. The highest BCUT2D eigenvalue weighted by Gasteiger charge is 2.06. The van der Waals surface area contributed by atoms with Gasteiger partial charge in [0.05, 0.1) is 23.0 Å². The van der Waals surface area contributed by atoms with E-state index in [4.69, 9.17) is 11.0 Å². The van der Waals surface area contributed by atoms with Gasteiger partial charge in [0.2, 0.25) is 0 Å². The summed E-state index contributed by atoms with van der Waals surface area (Å²) in [6.45, 7) is 0. The highest BCUT2D eigenvalue weighted by Crippen LogP contribution is 2.23. The van der Waals surface area contributed by atoms with Crippen molar-refractivity contribution in [1.82, 2.24) is 9.78 Å². The van der Waals surface area contributed by atoms with E-state index in [0.717, 1.165) is 10.9 Å². The summed E-state index contributed by atoms with van der Waals surface area (Å²) in [6.07, 6.45) is 1.67. The van der Waals surface area contributed by atoms with Crippen molar-refractivity contribution in [3.8, 4) is 6.07 Å². The predicted molar refractivity (Wildman–Crippen MR) is 49.8 cm³/mol. The number of fused-ring (bicyclic) bond motifs is 1. The predicted octanol–water partition coefficient (Wildman–Crippen LogP) is 1.03. The van der Waals surface area contributed by atoms with Crippen LogP contribution < -0.4 is 5.73 Å². The molecule has 1 aromatic heterocycles. The molecule has 0 amide bonds. The summed E-state index contributed by atoms with van der Waals surface area (Å²) in [6, 6.07) is 5.59. The Hall–Kier alpha value is -2.02. The molecule has 1 heterocycles. The van der Waals surface area contributed by atoms with Crippen molar-refractivity contribution in [3.05, 3.63) is 23.9 Å². The molecule has 2 aromatic rings. The number of nitrogens with zero attached hydrogens (tertiary/aromatic N) is 3. The van der Waals surface area contributed by atoms with E-state index in [1.807, 2.05) is 19.2 Å². The van der Waals surface area contributed by atoms with Crippen LogP contribution in [0.25, 0.3) is 10.9 Å². The van der Waals surface area contributed by atoms with Crippen molar-refractivity contribution in [1.29, 1.82) is 5.26 Å². The van der Waals surface area contributed by atoms with Gasteiger partial charge in [0.15, 0.2) is 0 Å². The summed E-state index contributed by atoms with van der Waals surface area (Å²) < 4.78 is 1.73. The maximum Gasteiger partial charge on any atom is 0.101 e. The molecule has 0 spiro atoms. The molecular weight excluding hydrogens is 164 g/mol. The van der Waals surface area contributed by atoms with Gasteiger partial charge in [-0.05, 0) is 12.1 Å². The van der Waals surface area contributed by atoms with E-state index >= 15 is 0 Å². The molecule has 2 N–H and O–H groups in total. The number of rotatable bonds is 0. The molecule has 0 aliphatic rings. The zero-order chi connectivity index (χ0) is 9.42. The topological polar surface area (TPSA) is 67.6 Å². The SMILES string of the molecule is Cn1ncc2c(N)c(C#N)ccc21. The Balaban J connectivity index is 2.90. The van der Waals surface area contributed by atoms with Crippen molar-refractivity contribution in [2.24, 2.45) is 7.05 Å². The summed E-state index contributed by atoms with van der Waals surface area (Å²) in [5, 5.41) is 13.6. The smallest absolute Gasteiger partial charge is 0.101 e. The molecule has 0 aliphatic heterocycles. The van der Waals surface area contributed by atoms with Gasteiger partial charge >= 0.3 is 0 Å². The van der Waals surface area contributed by atoms with Gasteiger partial charge in [-0.1, -0.05) is 0 Å². The summed E-state index contributed by atoms with van der Waals surface area (Å²) in [5.74, 6) is 0. The van der Waals surface area contributed by atoms with Gasteiger partial charge in [0, 0.05) is 12.4 Å². The van der Waals surface area contributed by atoms with Gasteiger partial charge in [-0.25, -0.2) is 0 Å². The number of hydrogen-bond donors (Lipinski definition) is 1. The lowest BCUT2D eigenvalue weighted by molar-refractivity contribution is 0.797. The van der Waals surface area contributed by atoms with Gasteiger partial charge in [-0.3, -0.25) is 4.68 Å². The molecule has 0 atom stereocenters. The minimum absolute atomic E-state index is 0.500. The summed E-state index contributed by atoms with van der Waals surface area (Å²) in [5.41, 5.74) is 7.72. The standard InChI is InChI=1S/C9H8N4/c1-13-8-3-2-6(4-10)9(11)7(8)5-12-13/h2-3,5H,11H2,1H3. The second-order valence-electron chi connectivity index (χ2n) is 2.84. The van der Waals surface area contributed by atoms with E-state index in [1.54, 1.807) is 16.9 Å². The van der Waals surface area contributed by atoms with Crippen LogP contribution in [0.15, 0.2) is 18.3 Å². The number of aryl methyl sites for hydroxylation is 1. The van der Waals surface area contributed by atoms with Crippen molar-refractivity contribution < 1.29 is 0 Å². The fourth-order valence-corrected chi connectivity index (χ4v) is 1.35. The van der Waals surface area contributed by atoms with Crippen LogP contribution in [0.3, 0.4) is 0 Å². The number of aromatic nitrogens is 2. The molecule has 0 saturated carbocycles. The number of benzene rings is 1. The minimum Gasteiger partial charge on any atom is -0.397 e. The minimum atomic E-state index is 0.500. The normalized spacial score (nSPS) is 10.2. The van der Waals surface area contributed by atoms with E-state index in [2.05, 4.69) is 5.10 Å². The zero-order valence-electron chi connectivity index (χ0n) is 7.15. The van der Waals surface area contributed by atoms with E-state index in [1.165, 1.54) is 0 Å². The lowest BCUT2D eigenvalue weighted by Crippen LogP contribution is -1.92. The number of nitrogen functional groups attached to an aromatic ring is 1. The summed E-state index contributed by atoms with van der Waals surface area (Å²) in [7, 11) is 1.84. The van der Waals surface area contributed by atoms with E-state index in [-0.39, 0.29) is 0 Å². The third kappa shape index (κ3) is 0.942. The third-order valence-corrected chi connectivity index (χ3v) is 2.09. The van der Waals surface area contributed by atoms with E-state index in [9.17, 15) is 0 Å². The monoisotopic (exact) mass is 172 g/mol. The maximum atomic E-state index is 8.73. The third-order valence-electron chi connectivity index (χ3n) is 2.09. The lowest BCUT2D eigenvalue weighted by Gasteiger charge is -1.98. The highest BCUT2D eigenvalue weighted by molar-refractivity contribution is 5.93. The molecular formula is C9H8N4. The van der Waals surface area contributed by atoms with Crippen LogP contribution in [-0.2, 0) is 7.05 Å². The average Bonchev–Trinajstić information content (AvgIpc) is 2.50. The second-order valence-corrected chi connectivity index (χ2v) is 2.84. The molecule has 0 aliphatic carbocycles. The van der Waals surface area contributed by atoms with Crippen LogP contribution in [0.1, 0.15) is 5.56 Å². The molecule has 0 radical (unpaired) electrons. The van der Waals surface area contributed by atoms with Gasteiger partial charge in [0.25, 0.3) is 0 Å². The fraction of sp³-hybridized carbons (Fsp3) is 0.111. The van der Waals surface area contributed by atoms with Gasteiger partial charge in [-0.15, -0.1) is 0 Å². The molecule has 4 nitrogen and oxygen atoms in total. The van der Waals surface area contributed by atoms with Crippen LogP contribution in [0.2, 0.25) is 0 Å². The summed E-state index contributed by atoms with van der Waals surface area (Å²) >= 11 is 0. The first kappa shape index (κ1) is 7.62. The number of anilines is 1. The number of nitriles is 1. The Morgan fingerprint density at radius 2 is 2.31 bits per heavy atom. The van der Waals surface area contributed by atoms with Crippen molar-refractivity contribution in [2.75, 3.05) is 5.73 Å². The Morgan fingerprint density at radius 3 is 3.00 bits per heavy atom. The van der Waals surface area contributed by atoms with Crippen LogP contribution in [-0.4, -0.2) is 9.78 Å². The van der Waals surface area contributed by atoms with Gasteiger partial charge in [0.1, 0.15) is 6.07 Å². The van der Waals surface area contributed by atoms with E-state index in [0.29, 0.717) is 11.3 Å². The lowest BCUT2D eigenvalue weighted by atomic mass is 10.1. The van der Waals surface area contributed by atoms with E-state index < -0.39 is 0 Å². The first-order chi connectivity index (χ1) is 6.24. The quantitative estimate of drug-likeness (QED) is 0.603. The molecule has 13 heavy (non-hydrogen) atoms. The van der Waals surface area contributed by atoms with Crippen LogP contribution >= 0.6 is 0 Å². The molecule has 0 fully saturated rings. The van der Waals surface area contributed by atoms with Crippen LogP contribution in [0.4, 0.5) is 5.69 Å². The van der Waals surface area contributed by atoms with Gasteiger partial charge < -0.3 is 5.73 Å². The number of nitrogens with two attached hydrogens (primary N) is 1. The first-order valence-electron chi connectivity index (χ1n) is 3.84. The molecule has 0 saturated heterocycles. The summed E-state index contributed by atoms with van der Waals surface area (Å²) in [4.78, 5) is 0. The number of hydrogen-bond acceptors (Lipinski definition) is 3. The average molecular weight is 172 g/mol. The Labute approximate surface area is 75.2 Å². The Bertz CT molecular complexity index is 504.